The van der Waals surface area contributed by atoms with Crippen LogP contribution in [0.15, 0.2) is 24.3 Å². The monoisotopic (exact) mass is 290 g/mol. The highest BCUT2D eigenvalue weighted by molar-refractivity contribution is 5.72. The van der Waals surface area contributed by atoms with Gasteiger partial charge in [-0.3, -0.25) is 9.69 Å². The zero-order valence-electron chi connectivity index (χ0n) is 13.1. The maximum absolute atomic E-state index is 11.5. The second kappa shape index (κ2) is 8.15. The first-order valence-electron chi connectivity index (χ1n) is 7.83. The van der Waals surface area contributed by atoms with Crippen LogP contribution in [0.2, 0.25) is 0 Å². The first kappa shape index (κ1) is 16.0. The first-order valence-corrected chi connectivity index (χ1v) is 7.83. The van der Waals surface area contributed by atoms with Crippen molar-refractivity contribution < 1.29 is 9.53 Å². The Morgan fingerprint density at radius 2 is 2.14 bits per heavy atom. The molecule has 0 saturated carbocycles. The van der Waals surface area contributed by atoms with E-state index in [9.17, 15) is 4.79 Å². The van der Waals surface area contributed by atoms with Crippen LogP contribution >= 0.6 is 0 Å². The number of carbonyl (C=O) groups excluding carboxylic acids is 1. The number of benzene rings is 1. The van der Waals surface area contributed by atoms with Crippen LogP contribution in [0.4, 0.5) is 0 Å². The molecule has 0 aromatic heterocycles. The van der Waals surface area contributed by atoms with E-state index in [1.54, 1.807) is 0 Å². The smallest absolute Gasteiger partial charge is 0.309 e. The van der Waals surface area contributed by atoms with Crippen molar-refractivity contribution in [3.05, 3.63) is 35.4 Å². The molecule has 1 aliphatic rings. The molecule has 1 unspecified atom stereocenters. The molecule has 0 radical (unpaired) electrons. The van der Waals surface area contributed by atoms with Crippen LogP contribution in [0.25, 0.3) is 0 Å². The number of methoxy groups -OCH3 is 1. The summed E-state index contributed by atoms with van der Waals surface area (Å²) in [5, 5.41) is 3.48. The summed E-state index contributed by atoms with van der Waals surface area (Å²) < 4.78 is 4.79. The molecule has 2 rings (SSSR count). The van der Waals surface area contributed by atoms with Crippen molar-refractivity contribution in [3.8, 4) is 0 Å². The number of nitrogens with zero attached hydrogens (tertiary/aromatic N) is 1. The van der Waals surface area contributed by atoms with Crippen LogP contribution in [-0.4, -0.2) is 43.7 Å². The summed E-state index contributed by atoms with van der Waals surface area (Å²) in [6, 6.07) is 8.77. The number of hydrogen-bond donors (Lipinski definition) is 1. The Morgan fingerprint density at radius 3 is 2.76 bits per heavy atom. The van der Waals surface area contributed by atoms with E-state index in [0.717, 1.165) is 31.7 Å². The molecule has 1 aromatic rings. The highest BCUT2D eigenvalue weighted by Gasteiger charge is 2.20. The van der Waals surface area contributed by atoms with Crippen LogP contribution in [0.5, 0.6) is 0 Å². The van der Waals surface area contributed by atoms with Crippen molar-refractivity contribution in [2.45, 2.75) is 38.8 Å². The molecule has 1 aliphatic heterocycles. The molecule has 4 heteroatoms. The summed E-state index contributed by atoms with van der Waals surface area (Å²) in [4.78, 5) is 14.0. The molecule has 0 aliphatic carbocycles. The van der Waals surface area contributed by atoms with E-state index in [1.165, 1.54) is 25.5 Å². The minimum Gasteiger partial charge on any atom is -0.469 e. The molecule has 1 N–H and O–H groups in total. The number of carbonyl (C=O) groups is 1. The highest BCUT2D eigenvalue weighted by Crippen LogP contribution is 2.17. The van der Waals surface area contributed by atoms with Gasteiger partial charge >= 0.3 is 5.97 Å². The Hall–Kier alpha value is -1.39. The van der Waals surface area contributed by atoms with Gasteiger partial charge in [-0.25, -0.2) is 0 Å². The van der Waals surface area contributed by atoms with Gasteiger partial charge in [-0.2, -0.15) is 0 Å². The molecule has 1 saturated heterocycles. The zero-order chi connectivity index (χ0) is 15.1. The number of esters is 1. The second-order valence-corrected chi connectivity index (χ2v) is 5.58. The molecule has 1 heterocycles. The van der Waals surface area contributed by atoms with Crippen LogP contribution in [0.1, 0.15) is 30.9 Å². The summed E-state index contributed by atoms with van der Waals surface area (Å²) in [6.07, 6.45) is 2.85. The van der Waals surface area contributed by atoms with Crippen LogP contribution in [0, 0.1) is 0 Å². The molecule has 0 spiro atoms. The van der Waals surface area contributed by atoms with Crippen molar-refractivity contribution in [1.29, 1.82) is 0 Å². The van der Waals surface area contributed by atoms with Crippen LogP contribution < -0.4 is 5.32 Å². The van der Waals surface area contributed by atoms with Gasteiger partial charge in [0, 0.05) is 19.1 Å². The topological polar surface area (TPSA) is 41.6 Å². The third-order valence-electron chi connectivity index (χ3n) is 4.25. The van der Waals surface area contributed by atoms with E-state index in [1.807, 2.05) is 18.2 Å². The van der Waals surface area contributed by atoms with Crippen molar-refractivity contribution in [2.24, 2.45) is 0 Å². The van der Waals surface area contributed by atoms with Crippen molar-refractivity contribution in [3.63, 3.8) is 0 Å². The zero-order valence-corrected chi connectivity index (χ0v) is 13.1. The number of nitrogens with one attached hydrogen (secondary N) is 1. The van der Waals surface area contributed by atoms with Gasteiger partial charge in [-0.05, 0) is 37.1 Å². The normalized spacial score (nSPS) is 18.7. The van der Waals surface area contributed by atoms with Crippen LogP contribution in [-0.2, 0) is 22.5 Å². The lowest BCUT2D eigenvalue weighted by molar-refractivity contribution is -0.139. The highest BCUT2D eigenvalue weighted by atomic mass is 16.5. The summed E-state index contributed by atoms with van der Waals surface area (Å²) >= 11 is 0. The number of ether oxygens (including phenoxy) is 1. The minimum absolute atomic E-state index is 0.176. The molecule has 1 aromatic carbocycles. The van der Waals surface area contributed by atoms with E-state index in [4.69, 9.17) is 4.74 Å². The molecule has 0 amide bonds. The van der Waals surface area contributed by atoms with Gasteiger partial charge in [0.05, 0.1) is 13.5 Å². The number of rotatable bonds is 6. The predicted octanol–water partition coefficient (Wildman–Crippen LogP) is 1.98. The lowest BCUT2D eigenvalue weighted by Crippen LogP contribution is -2.45. The Labute approximate surface area is 127 Å². The molecule has 21 heavy (non-hydrogen) atoms. The largest absolute Gasteiger partial charge is 0.469 e. The molecule has 0 bridgehead atoms. The van der Waals surface area contributed by atoms with Gasteiger partial charge in [0.15, 0.2) is 0 Å². The number of hydrogen-bond acceptors (Lipinski definition) is 4. The van der Waals surface area contributed by atoms with Gasteiger partial charge in [-0.15, -0.1) is 0 Å². The fraction of sp³-hybridized carbons (Fsp3) is 0.588. The van der Waals surface area contributed by atoms with Gasteiger partial charge < -0.3 is 10.1 Å². The minimum atomic E-state index is -0.176. The molecule has 4 nitrogen and oxygen atoms in total. The standard InChI is InChI=1S/C17H26N2O2/c1-3-19(16-9-6-10-18-12-16)13-15-8-5-4-7-14(15)11-17(20)21-2/h4-5,7-8,16,18H,3,6,9-13H2,1-2H3. The van der Waals surface area contributed by atoms with Gasteiger partial charge in [0.2, 0.25) is 0 Å². The summed E-state index contributed by atoms with van der Waals surface area (Å²) in [5.41, 5.74) is 2.31. The maximum Gasteiger partial charge on any atom is 0.309 e. The number of likely N-dealkylation sites (N-methyl/N-ethyl adjacent to an activating group) is 1. The average Bonchev–Trinajstić information content (AvgIpc) is 2.54. The Balaban J connectivity index is 2.07. The fourth-order valence-electron chi connectivity index (χ4n) is 2.97. The summed E-state index contributed by atoms with van der Waals surface area (Å²) in [7, 11) is 1.44. The van der Waals surface area contributed by atoms with E-state index in [-0.39, 0.29) is 5.97 Å². The molecular weight excluding hydrogens is 264 g/mol. The molecule has 116 valence electrons. The third kappa shape index (κ3) is 4.55. The van der Waals surface area contributed by atoms with Gasteiger partial charge in [0.1, 0.15) is 0 Å². The third-order valence-corrected chi connectivity index (χ3v) is 4.25. The second-order valence-electron chi connectivity index (χ2n) is 5.58. The van der Waals surface area contributed by atoms with E-state index in [2.05, 4.69) is 23.2 Å². The fourth-order valence-corrected chi connectivity index (χ4v) is 2.97. The van der Waals surface area contributed by atoms with E-state index >= 15 is 0 Å². The van der Waals surface area contributed by atoms with Gasteiger partial charge in [0.25, 0.3) is 0 Å². The summed E-state index contributed by atoms with van der Waals surface area (Å²) in [5.74, 6) is -0.176. The average molecular weight is 290 g/mol. The number of piperidine rings is 1. The van der Waals surface area contributed by atoms with Crippen molar-refractivity contribution in [1.82, 2.24) is 10.2 Å². The summed E-state index contributed by atoms with van der Waals surface area (Å²) in [6.45, 7) is 6.33. The SMILES string of the molecule is CCN(Cc1ccccc1CC(=O)OC)C1CCCNC1. The Morgan fingerprint density at radius 1 is 1.38 bits per heavy atom. The van der Waals surface area contributed by atoms with Crippen molar-refractivity contribution in [2.75, 3.05) is 26.7 Å². The van der Waals surface area contributed by atoms with Crippen molar-refractivity contribution >= 4 is 5.97 Å². The maximum atomic E-state index is 11.5. The Bertz CT molecular complexity index is 456. The van der Waals surface area contributed by atoms with E-state index in [0.29, 0.717) is 12.5 Å². The van der Waals surface area contributed by atoms with E-state index < -0.39 is 0 Å². The first-order chi connectivity index (χ1) is 10.2. The molecular formula is C17H26N2O2. The Kier molecular flexibility index (Phi) is 6.21. The predicted molar refractivity (Wildman–Crippen MR) is 84.1 cm³/mol. The quantitative estimate of drug-likeness (QED) is 0.813. The van der Waals surface area contributed by atoms with Crippen LogP contribution in [0.3, 0.4) is 0 Å². The lowest BCUT2D eigenvalue weighted by Gasteiger charge is -2.34. The molecule has 1 atom stereocenters. The molecule has 1 fully saturated rings. The van der Waals surface area contributed by atoms with Gasteiger partial charge in [-0.1, -0.05) is 31.2 Å². The lowest BCUT2D eigenvalue weighted by atomic mass is 10.0.